The SMILES string of the molecule is NC(=O)C1C(Cl)=CC=CC1(N)c1ccccc1Cl. The quantitative estimate of drug-likeness (QED) is 0.874. The van der Waals surface area contributed by atoms with Crippen LogP contribution in [0.5, 0.6) is 0 Å². The highest BCUT2D eigenvalue weighted by Crippen LogP contribution is 2.40. The Morgan fingerprint density at radius 2 is 1.94 bits per heavy atom. The predicted molar refractivity (Wildman–Crippen MR) is 73.1 cm³/mol. The third kappa shape index (κ3) is 2.05. The fourth-order valence-corrected chi connectivity index (χ4v) is 2.81. The molecule has 0 bridgehead atoms. The van der Waals surface area contributed by atoms with Crippen molar-refractivity contribution in [1.82, 2.24) is 0 Å². The van der Waals surface area contributed by atoms with Gasteiger partial charge in [0.15, 0.2) is 0 Å². The van der Waals surface area contributed by atoms with E-state index in [1.165, 1.54) is 0 Å². The van der Waals surface area contributed by atoms with Gasteiger partial charge in [-0.2, -0.15) is 0 Å². The van der Waals surface area contributed by atoms with E-state index in [0.29, 0.717) is 15.6 Å². The van der Waals surface area contributed by atoms with Crippen LogP contribution in [-0.4, -0.2) is 5.91 Å². The fourth-order valence-electron chi connectivity index (χ4n) is 2.15. The molecule has 0 aliphatic heterocycles. The van der Waals surface area contributed by atoms with Crippen LogP contribution in [0.25, 0.3) is 0 Å². The highest BCUT2D eigenvalue weighted by atomic mass is 35.5. The van der Waals surface area contributed by atoms with E-state index in [2.05, 4.69) is 0 Å². The van der Waals surface area contributed by atoms with Crippen LogP contribution in [0.15, 0.2) is 47.5 Å². The van der Waals surface area contributed by atoms with Gasteiger partial charge in [-0.1, -0.05) is 53.6 Å². The van der Waals surface area contributed by atoms with Crippen molar-refractivity contribution in [2.24, 2.45) is 17.4 Å². The van der Waals surface area contributed by atoms with Gasteiger partial charge in [-0.05, 0) is 17.7 Å². The van der Waals surface area contributed by atoms with Crippen molar-refractivity contribution >= 4 is 29.1 Å². The summed E-state index contributed by atoms with van der Waals surface area (Å²) in [4.78, 5) is 11.6. The van der Waals surface area contributed by atoms with E-state index in [4.69, 9.17) is 34.7 Å². The molecule has 0 fully saturated rings. The summed E-state index contributed by atoms with van der Waals surface area (Å²) in [5, 5.41) is 0.787. The van der Waals surface area contributed by atoms with E-state index in [0.717, 1.165) is 0 Å². The van der Waals surface area contributed by atoms with Crippen molar-refractivity contribution in [2.75, 3.05) is 0 Å². The van der Waals surface area contributed by atoms with Crippen molar-refractivity contribution in [3.63, 3.8) is 0 Å². The molecule has 18 heavy (non-hydrogen) atoms. The number of carbonyl (C=O) groups excluding carboxylic acids is 1. The number of rotatable bonds is 2. The van der Waals surface area contributed by atoms with Gasteiger partial charge in [0.1, 0.15) is 0 Å². The maximum Gasteiger partial charge on any atom is 0.228 e. The molecule has 94 valence electrons. The van der Waals surface area contributed by atoms with Crippen LogP contribution in [0.4, 0.5) is 0 Å². The lowest BCUT2D eigenvalue weighted by Gasteiger charge is -2.35. The molecule has 2 unspecified atom stereocenters. The molecule has 2 atom stereocenters. The van der Waals surface area contributed by atoms with E-state index < -0.39 is 17.4 Å². The summed E-state index contributed by atoms with van der Waals surface area (Å²) in [7, 11) is 0. The number of amides is 1. The number of allylic oxidation sites excluding steroid dienone is 2. The van der Waals surface area contributed by atoms with E-state index in [9.17, 15) is 4.79 Å². The predicted octanol–water partition coefficient (Wildman–Crippen LogP) is 2.29. The van der Waals surface area contributed by atoms with Gasteiger partial charge in [-0.25, -0.2) is 0 Å². The van der Waals surface area contributed by atoms with E-state index >= 15 is 0 Å². The molecule has 1 aromatic carbocycles. The Morgan fingerprint density at radius 1 is 1.28 bits per heavy atom. The normalized spacial score (nSPS) is 26.8. The summed E-state index contributed by atoms with van der Waals surface area (Å²) in [5.74, 6) is -1.40. The van der Waals surface area contributed by atoms with E-state index in [1.54, 1.807) is 42.5 Å². The van der Waals surface area contributed by atoms with Gasteiger partial charge < -0.3 is 11.5 Å². The number of halogens is 2. The van der Waals surface area contributed by atoms with Crippen molar-refractivity contribution in [3.05, 3.63) is 58.1 Å². The second-order valence-electron chi connectivity index (χ2n) is 4.16. The summed E-state index contributed by atoms with van der Waals surface area (Å²) in [5.41, 5.74) is 11.2. The molecule has 0 saturated carbocycles. The molecule has 4 N–H and O–H groups in total. The minimum absolute atomic E-state index is 0.312. The first-order chi connectivity index (χ1) is 8.47. The molecule has 0 spiro atoms. The molecule has 2 rings (SSSR count). The fraction of sp³-hybridized carbons (Fsp3) is 0.154. The molecular formula is C13H12Cl2N2O. The minimum Gasteiger partial charge on any atom is -0.369 e. The van der Waals surface area contributed by atoms with Crippen molar-refractivity contribution in [3.8, 4) is 0 Å². The number of hydrogen-bond acceptors (Lipinski definition) is 2. The molecule has 3 nitrogen and oxygen atoms in total. The third-order valence-electron chi connectivity index (χ3n) is 3.01. The first kappa shape index (κ1) is 13.1. The standard InChI is InChI=1S/C13H12Cl2N2O/c14-9-5-2-1-4-8(9)13(17)7-3-6-10(15)11(13)12(16)18/h1-7,11H,17H2,(H2,16,18). The first-order valence-electron chi connectivity index (χ1n) is 5.35. The van der Waals surface area contributed by atoms with Crippen LogP contribution in [0.1, 0.15) is 5.56 Å². The smallest absolute Gasteiger partial charge is 0.228 e. The Bertz CT molecular complexity index is 554. The van der Waals surface area contributed by atoms with Gasteiger partial charge in [0.25, 0.3) is 0 Å². The maximum absolute atomic E-state index is 11.6. The van der Waals surface area contributed by atoms with Gasteiger partial charge in [0.2, 0.25) is 5.91 Å². The van der Waals surface area contributed by atoms with E-state index in [-0.39, 0.29) is 0 Å². The van der Waals surface area contributed by atoms with Gasteiger partial charge in [0.05, 0.1) is 11.5 Å². The third-order valence-corrected chi connectivity index (χ3v) is 3.68. The maximum atomic E-state index is 11.6. The minimum atomic E-state index is -1.12. The lowest BCUT2D eigenvalue weighted by molar-refractivity contribution is -0.121. The molecule has 1 aliphatic carbocycles. The van der Waals surface area contributed by atoms with Crippen LogP contribution in [0.2, 0.25) is 5.02 Å². The topological polar surface area (TPSA) is 69.1 Å². The monoisotopic (exact) mass is 282 g/mol. The van der Waals surface area contributed by atoms with Crippen LogP contribution in [-0.2, 0) is 10.3 Å². The molecule has 1 amide bonds. The Kier molecular flexibility index (Phi) is 3.48. The Morgan fingerprint density at radius 3 is 2.56 bits per heavy atom. The molecule has 1 aromatic rings. The van der Waals surface area contributed by atoms with Crippen molar-refractivity contribution in [2.45, 2.75) is 5.54 Å². The molecule has 0 aromatic heterocycles. The van der Waals surface area contributed by atoms with Gasteiger partial charge in [0, 0.05) is 10.1 Å². The Hall–Kier alpha value is -1.29. The van der Waals surface area contributed by atoms with Crippen LogP contribution in [0.3, 0.4) is 0 Å². The number of benzene rings is 1. The summed E-state index contributed by atoms with van der Waals surface area (Å²) >= 11 is 12.2. The molecule has 0 radical (unpaired) electrons. The Balaban J connectivity index is 2.59. The zero-order chi connectivity index (χ0) is 13.3. The molecule has 1 aliphatic rings. The zero-order valence-electron chi connectivity index (χ0n) is 9.44. The van der Waals surface area contributed by atoms with E-state index in [1.807, 2.05) is 0 Å². The van der Waals surface area contributed by atoms with Crippen molar-refractivity contribution in [1.29, 1.82) is 0 Å². The van der Waals surface area contributed by atoms with Gasteiger partial charge in [-0.15, -0.1) is 0 Å². The van der Waals surface area contributed by atoms with Gasteiger partial charge in [-0.3, -0.25) is 4.79 Å². The average molecular weight is 283 g/mol. The molecule has 5 heteroatoms. The molecular weight excluding hydrogens is 271 g/mol. The summed E-state index contributed by atoms with van der Waals surface area (Å²) < 4.78 is 0. The summed E-state index contributed by atoms with van der Waals surface area (Å²) in [6, 6.07) is 7.06. The van der Waals surface area contributed by atoms with Gasteiger partial charge >= 0.3 is 0 Å². The van der Waals surface area contributed by atoms with Crippen molar-refractivity contribution < 1.29 is 4.79 Å². The van der Waals surface area contributed by atoms with Crippen LogP contribution in [0, 0.1) is 5.92 Å². The highest BCUT2D eigenvalue weighted by molar-refractivity contribution is 6.32. The van der Waals surface area contributed by atoms with Crippen LogP contribution < -0.4 is 11.5 Å². The largest absolute Gasteiger partial charge is 0.369 e. The summed E-state index contributed by atoms with van der Waals surface area (Å²) in [6.45, 7) is 0. The number of carbonyl (C=O) groups is 1. The highest BCUT2D eigenvalue weighted by Gasteiger charge is 2.42. The molecule has 0 heterocycles. The number of nitrogens with two attached hydrogens (primary N) is 2. The second kappa shape index (κ2) is 4.76. The zero-order valence-corrected chi connectivity index (χ0v) is 10.9. The molecule has 0 saturated heterocycles. The number of primary amides is 1. The lowest BCUT2D eigenvalue weighted by atomic mass is 9.75. The first-order valence-corrected chi connectivity index (χ1v) is 6.10. The number of hydrogen-bond donors (Lipinski definition) is 2. The lowest BCUT2D eigenvalue weighted by Crippen LogP contribution is -2.49. The Labute approximate surface area is 115 Å². The van der Waals surface area contributed by atoms with Crippen LogP contribution >= 0.6 is 23.2 Å². The average Bonchev–Trinajstić information content (AvgIpc) is 2.28. The summed E-state index contributed by atoms with van der Waals surface area (Å²) in [6.07, 6.45) is 5.00. The second-order valence-corrected chi connectivity index (χ2v) is 5.00.